The maximum Gasteiger partial charge on any atom is 0.250 e. The minimum absolute atomic E-state index is 0.0337. The molecule has 7 nitrogen and oxygen atoms in total. The summed E-state index contributed by atoms with van der Waals surface area (Å²) in [4.78, 5) is 22.8. The van der Waals surface area contributed by atoms with Crippen molar-refractivity contribution in [3.63, 3.8) is 0 Å². The third kappa shape index (κ3) is 3.47. The topological polar surface area (TPSA) is 76.6 Å². The van der Waals surface area contributed by atoms with Crippen LogP contribution in [0.2, 0.25) is 0 Å². The summed E-state index contributed by atoms with van der Waals surface area (Å²) in [6.45, 7) is 6.51. The zero-order chi connectivity index (χ0) is 20.4. The first-order valence-corrected chi connectivity index (χ1v) is 9.37. The lowest BCUT2D eigenvalue weighted by molar-refractivity contribution is -0.114. The Labute approximate surface area is 169 Å². The Bertz CT molecular complexity index is 1080. The highest BCUT2D eigenvalue weighted by Gasteiger charge is 2.26. The molecule has 1 aromatic heterocycles. The summed E-state index contributed by atoms with van der Waals surface area (Å²) in [5.41, 5.74) is 2.50. The van der Waals surface area contributed by atoms with E-state index in [1.807, 2.05) is 43.3 Å². The second-order valence-corrected chi connectivity index (χ2v) is 6.72. The van der Waals surface area contributed by atoms with E-state index in [9.17, 15) is 4.79 Å². The van der Waals surface area contributed by atoms with Crippen LogP contribution < -0.4 is 19.7 Å². The van der Waals surface area contributed by atoms with E-state index in [0.29, 0.717) is 30.4 Å². The molecule has 1 aliphatic heterocycles. The summed E-state index contributed by atoms with van der Waals surface area (Å²) in [5, 5.41) is 4.20. The fourth-order valence-electron chi connectivity index (χ4n) is 3.48. The smallest absolute Gasteiger partial charge is 0.250 e. The molecule has 0 bridgehead atoms. The molecule has 2 aromatic carbocycles. The van der Waals surface area contributed by atoms with Crippen molar-refractivity contribution in [3.8, 4) is 11.5 Å². The van der Waals surface area contributed by atoms with Gasteiger partial charge in [-0.25, -0.2) is 9.97 Å². The van der Waals surface area contributed by atoms with Crippen molar-refractivity contribution < 1.29 is 14.3 Å². The van der Waals surface area contributed by atoms with Crippen molar-refractivity contribution in [2.24, 2.45) is 0 Å². The van der Waals surface area contributed by atoms with Crippen LogP contribution in [0.4, 0.5) is 11.5 Å². The number of methoxy groups -OCH3 is 1. The van der Waals surface area contributed by atoms with E-state index >= 15 is 0 Å². The first kappa shape index (κ1) is 18.7. The SMILES string of the molecule is C=CC(=O)N1CCOc2c1ccc1ncnc(N[C@H](C)c3cccc(OC)c3)c21. The van der Waals surface area contributed by atoms with Crippen molar-refractivity contribution >= 4 is 28.3 Å². The standard InChI is InChI=1S/C22H22N4O3/c1-4-19(27)26-10-11-29-21-18(26)9-8-17-20(21)22(24-13-23-17)25-14(2)15-6-5-7-16(12-15)28-3/h4-9,12-14H,1,10-11H2,2-3H3,(H,23,24,25)/t14-/m1/s1. The molecule has 1 aliphatic rings. The molecule has 0 unspecified atom stereocenters. The minimum Gasteiger partial charge on any atom is -0.497 e. The van der Waals surface area contributed by atoms with Crippen molar-refractivity contribution in [3.05, 3.63) is 60.9 Å². The van der Waals surface area contributed by atoms with Crippen molar-refractivity contribution in [1.82, 2.24) is 9.97 Å². The van der Waals surface area contributed by atoms with E-state index in [1.54, 1.807) is 12.0 Å². The van der Waals surface area contributed by atoms with E-state index < -0.39 is 0 Å². The molecule has 1 N–H and O–H groups in total. The van der Waals surface area contributed by atoms with E-state index in [4.69, 9.17) is 9.47 Å². The largest absolute Gasteiger partial charge is 0.497 e. The van der Waals surface area contributed by atoms with Crippen LogP contribution in [0.25, 0.3) is 10.9 Å². The van der Waals surface area contributed by atoms with Crippen LogP contribution in [0, 0.1) is 0 Å². The second-order valence-electron chi connectivity index (χ2n) is 6.72. The number of nitrogens with zero attached hydrogens (tertiary/aromatic N) is 3. The molecule has 3 aromatic rings. The van der Waals surface area contributed by atoms with Gasteiger partial charge in [0.25, 0.3) is 5.91 Å². The molecule has 0 fully saturated rings. The maximum atomic E-state index is 12.3. The first-order chi connectivity index (χ1) is 14.1. The average Bonchev–Trinajstić information content (AvgIpc) is 2.78. The highest BCUT2D eigenvalue weighted by atomic mass is 16.5. The van der Waals surface area contributed by atoms with Crippen LogP contribution in [0.3, 0.4) is 0 Å². The number of ether oxygens (including phenoxy) is 2. The summed E-state index contributed by atoms with van der Waals surface area (Å²) < 4.78 is 11.3. The van der Waals surface area contributed by atoms with E-state index in [2.05, 4.69) is 21.9 Å². The Balaban J connectivity index is 1.77. The van der Waals surface area contributed by atoms with E-state index in [-0.39, 0.29) is 11.9 Å². The lowest BCUT2D eigenvalue weighted by Crippen LogP contribution is -2.36. The van der Waals surface area contributed by atoms with Crippen molar-refractivity contribution in [2.45, 2.75) is 13.0 Å². The van der Waals surface area contributed by atoms with Gasteiger partial charge in [0.15, 0.2) is 5.75 Å². The van der Waals surface area contributed by atoms with Gasteiger partial charge in [0.2, 0.25) is 0 Å². The minimum atomic E-state index is -0.162. The average molecular weight is 390 g/mol. The number of carbonyl (C=O) groups is 1. The molecule has 0 radical (unpaired) electrons. The molecule has 0 aliphatic carbocycles. The lowest BCUT2D eigenvalue weighted by Gasteiger charge is -2.30. The van der Waals surface area contributed by atoms with Gasteiger partial charge in [-0.1, -0.05) is 18.7 Å². The molecule has 29 heavy (non-hydrogen) atoms. The van der Waals surface area contributed by atoms with E-state index in [1.165, 1.54) is 12.4 Å². The lowest BCUT2D eigenvalue weighted by atomic mass is 10.1. The number of amides is 1. The summed E-state index contributed by atoms with van der Waals surface area (Å²) in [5.74, 6) is 1.88. The van der Waals surface area contributed by atoms with Crippen LogP contribution in [-0.2, 0) is 4.79 Å². The molecule has 1 atom stereocenters. The number of aromatic nitrogens is 2. The van der Waals surface area contributed by atoms with E-state index in [0.717, 1.165) is 22.2 Å². The molecule has 1 amide bonds. The molecule has 4 rings (SSSR count). The van der Waals surface area contributed by atoms with Crippen LogP contribution >= 0.6 is 0 Å². The van der Waals surface area contributed by atoms with Crippen LogP contribution in [-0.4, -0.2) is 36.1 Å². The molecule has 2 heterocycles. The second kappa shape index (κ2) is 7.79. The normalized spacial score (nSPS) is 13.9. The fraction of sp³-hybridized carbons (Fsp3) is 0.227. The predicted molar refractivity (Wildman–Crippen MR) is 113 cm³/mol. The summed E-state index contributed by atoms with van der Waals surface area (Å²) in [6.07, 6.45) is 2.83. The summed E-state index contributed by atoms with van der Waals surface area (Å²) in [7, 11) is 1.65. The molecule has 0 saturated heterocycles. The van der Waals surface area contributed by atoms with Gasteiger partial charge < -0.3 is 19.7 Å². The quantitative estimate of drug-likeness (QED) is 0.669. The third-order valence-electron chi connectivity index (χ3n) is 4.98. The number of hydrogen-bond donors (Lipinski definition) is 1. The van der Waals surface area contributed by atoms with Gasteiger partial charge >= 0.3 is 0 Å². The van der Waals surface area contributed by atoms with Crippen LogP contribution in [0.5, 0.6) is 11.5 Å². The number of anilines is 2. The number of hydrogen-bond acceptors (Lipinski definition) is 6. The zero-order valence-electron chi connectivity index (χ0n) is 16.4. The van der Waals surface area contributed by atoms with Gasteiger partial charge in [0, 0.05) is 0 Å². The fourth-order valence-corrected chi connectivity index (χ4v) is 3.48. The third-order valence-corrected chi connectivity index (χ3v) is 4.98. The van der Waals surface area contributed by atoms with Gasteiger partial charge in [0.05, 0.1) is 36.3 Å². The number of fused-ring (bicyclic) bond motifs is 3. The van der Waals surface area contributed by atoms with Crippen molar-refractivity contribution in [2.75, 3.05) is 30.5 Å². The van der Waals surface area contributed by atoms with Gasteiger partial charge in [-0.2, -0.15) is 0 Å². The number of carbonyl (C=O) groups excluding carboxylic acids is 1. The number of benzene rings is 2. The summed E-state index contributed by atoms with van der Waals surface area (Å²) >= 11 is 0. The number of nitrogens with one attached hydrogen (secondary N) is 1. The predicted octanol–water partition coefficient (Wildman–Crippen LogP) is 3.72. The van der Waals surface area contributed by atoms with Gasteiger partial charge in [-0.05, 0) is 42.8 Å². The number of rotatable bonds is 5. The van der Waals surface area contributed by atoms with Crippen LogP contribution in [0.1, 0.15) is 18.5 Å². The Morgan fingerprint density at radius 2 is 2.21 bits per heavy atom. The van der Waals surface area contributed by atoms with Gasteiger partial charge in [0.1, 0.15) is 24.5 Å². The molecule has 0 saturated carbocycles. The molecular weight excluding hydrogens is 368 g/mol. The van der Waals surface area contributed by atoms with Gasteiger partial charge in [-0.3, -0.25) is 4.79 Å². The Hall–Kier alpha value is -3.61. The Morgan fingerprint density at radius 1 is 1.34 bits per heavy atom. The maximum absolute atomic E-state index is 12.3. The first-order valence-electron chi connectivity index (χ1n) is 9.37. The Morgan fingerprint density at radius 3 is 3.00 bits per heavy atom. The van der Waals surface area contributed by atoms with Crippen LogP contribution in [0.15, 0.2) is 55.4 Å². The highest BCUT2D eigenvalue weighted by molar-refractivity contribution is 6.07. The molecule has 7 heteroatoms. The molecule has 0 spiro atoms. The van der Waals surface area contributed by atoms with Crippen molar-refractivity contribution in [1.29, 1.82) is 0 Å². The zero-order valence-corrected chi connectivity index (χ0v) is 16.4. The summed E-state index contributed by atoms with van der Waals surface area (Å²) in [6, 6.07) is 11.6. The molecular formula is C22H22N4O3. The molecule has 148 valence electrons. The Kier molecular flexibility index (Phi) is 5.03. The monoisotopic (exact) mass is 390 g/mol. The van der Waals surface area contributed by atoms with Gasteiger partial charge in [-0.15, -0.1) is 0 Å². The highest BCUT2D eigenvalue weighted by Crippen LogP contribution is 2.41.